The normalized spacial score (nSPS) is 17.5. The molecule has 15 heavy (non-hydrogen) atoms. The highest BCUT2D eigenvalue weighted by Crippen LogP contribution is 2.25. The lowest BCUT2D eigenvalue weighted by molar-refractivity contribution is 0.283. The Balaban J connectivity index is 4.08. The van der Waals surface area contributed by atoms with E-state index in [9.17, 15) is 4.91 Å². The van der Waals surface area contributed by atoms with Crippen LogP contribution < -0.4 is 0 Å². The van der Waals surface area contributed by atoms with Gasteiger partial charge in [0.15, 0.2) is 0 Å². The molecule has 0 bridgehead atoms. The summed E-state index contributed by atoms with van der Waals surface area (Å²) in [5, 5.41) is 3.09. The molecule has 3 unspecified atom stereocenters. The molecule has 0 aromatic rings. The second-order valence-electron chi connectivity index (χ2n) is 5.38. The molecule has 0 saturated heterocycles. The van der Waals surface area contributed by atoms with Crippen LogP contribution in [0.2, 0.25) is 0 Å². The van der Waals surface area contributed by atoms with Gasteiger partial charge in [-0.1, -0.05) is 46.2 Å². The minimum absolute atomic E-state index is 0.495. The summed E-state index contributed by atoms with van der Waals surface area (Å²) in [5.41, 5.74) is 0. The summed E-state index contributed by atoms with van der Waals surface area (Å²) < 4.78 is 0. The Morgan fingerprint density at radius 2 is 1.67 bits per heavy atom. The maximum atomic E-state index is 10.4. The lowest BCUT2D eigenvalue weighted by Gasteiger charge is -2.23. The molecule has 0 heterocycles. The Bertz CT molecular complexity index is 168. The van der Waals surface area contributed by atoms with Crippen LogP contribution in [0.4, 0.5) is 0 Å². The van der Waals surface area contributed by atoms with E-state index in [1.165, 1.54) is 6.42 Å². The van der Waals surface area contributed by atoms with E-state index in [1.54, 1.807) is 0 Å². The van der Waals surface area contributed by atoms with Gasteiger partial charge in [0.25, 0.3) is 0 Å². The van der Waals surface area contributed by atoms with Gasteiger partial charge in [0.05, 0.1) is 6.54 Å². The van der Waals surface area contributed by atoms with Crippen molar-refractivity contribution in [3.05, 3.63) is 4.91 Å². The first-order valence-corrected chi connectivity index (χ1v) is 6.30. The van der Waals surface area contributed by atoms with Crippen LogP contribution in [0.25, 0.3) is 0 Å². The number of hydrogen-bond donors (Lipinski definition) is 0. The molecular formula is C13H27NO. The van der Waals surface area contributed by atoms with Gasteiger partial charge in [0.1, 0.15) is 0 Å². The zero-order valence-electron chi connectivity index (χ0n) is 11.0. The highest BCUT2D eigenvalue weighted by Gasteiger charge is 2.17. The van der Waals surface area contributed by atoms with Gasteiger partial charge in [0.2, 0.25) is 0 Å². The third-order valence-corrected chi connectivity index (χ3v) is 3.61. The lowest BCUT2D eigenvalue weighted by atomic mass is 9.83. The van der Waals surface area contributed by atoms with Crippen molar-refractivity contribution in [3.63, 3.8) is 0 Å². The smallest absolute Gasteiger partial charge is 0.0839 e. The predicted octanol–water partition coefficient (Wildman–Crippen LogP) is 4.49. The fourth-order valence-electron chi connectivity index (χ4n) is 1.88. The van der Waals surface area contributed by atoms with Crippen molar-refractivity contribution in [2.45, 2.75) is 53.9 Å². The SMILES string of the molecule is CCC(C)CC(CN=O)CC(C)C(C)C. The molecule has 0 rings (SSSR count). The summed E-state index contributed by atoms with van der Waals surface area (Å²) in [6.07, 6.45) is 3.50. The van der Waals surface area contributed by atoms with Gasteiger partial charge < -0.3 is 0 Å². The minimum Gasteiger partial charge on any atom is -0.151 e. The van der Waals surface area contributed by atoms with Gasteiger partial charge in [-0.3, -0.25) is 0 Å². The summed E-state index contributed by atoms with van der Waals surface area (Å²) in [4.78, 5) is 10.4. The predicted molar refractivity (Wildman–Crippen MR) is 66.8 cm³/mol. The molecule has 0 aliphatic heterocycles. The number of nitrogens with zero attached hydrogens (tertiary/aromatic N) is 1. The van der Waals surface area contributed by atoms with E-state index in [0.29, 0.717) is 24.3 Å². The molecular weight excluding hydrogens is 186 g/mol. The third kappa shape index (κ3) is 6.64. The number of hydrogen-bond acceptors (Lipinski definition) is 2. The minimum atomic E-state index is 0.495. The Labute approximate surface area is 94.8 Å². The van der Waals surface area contributed by atoms with Gasteiger partial charge in [-0.15, -0.1) is 0 Å². The van der Waals surface area contributed by atoms with Crippen molar-refractivity contribution in [3.8, 4) is 0 Å². The molecule has 0 aliphatic carbocycles. The van der Waals surface area contributed by atoms with Gasteiger partial charge in [-0.25, -0.2) is 0 Å². The Morgan fingerprint density at radius 1 is 1.07 bits per heavy atom. The van der Waals surface area contributed by atoms with Gasteiger partial charge in [-0.2, -0.15) is 4.91 Å². The standard InChI is InChI=1S/C13H27NO/c1-6-11(4)7-13(9-14-15)8-12(5)10(2)3/h10-13H,6-9H2,1-5H3. The van der Waals surface area contributed by atoms with Crippen LogP contribution in [-0.2, 0) is 0 Å². The average molecular weight is 213 g/mol. The highest BCUT2D eigenvalue weighted by molar-refractivity contribution is 4.70. The fourth-order valence-corrected chi connectivity index (χ4v) is 1.88. The summed E-state index contributed by atoms with van der Waals surface area (Å²) in [7, 11) is 0. The second-order valence-corrected chi connectivity index (χ2v) is 5.38. The first kappa shape index (κ1) is 14.6. The van der Waals surface area contributed by atoms with Crippen molar-refractivity contribution < 1.29 is 0 Å². The van der Waals surface area contributed by atoms with Crippen LogP contribution in [0.15, 0.2) is 5.18 Å². The maximum Gasteiger partial charge on any atom is 0.0839 e. The van der Waals surface area contributed by atoms with Crippen molar-refractivity contribution in [1.29, 1.82) is 0 Å². The van der Waals surface area contributed by atoms with E-state index in [1.807, 2.05) is 0 Å². The van der Waals surface area contributed by atoms with Gasteiger partial charge in [-0.05, 0) is 36.5 Å². The quantitative estimate of drug-likeness (QED) is 0.546. The molecule has 2 heteroatoms. The summed E-state index contributed by atoms with van der Waals surface area (Å²) >= 11 is 0. The molecule has 90 valence electrons. The van der Waals surface area contributed by atoms with E-state index in [2.05, 4.69) is 39.8 Å². The van der Waals surface area contributed by atoms with E-state index >= 15 is 0 Å². The zero-order chi connectivity index (χ0) is 11.8. The van der Waals surface area contributed by atoms with Crippen molar-refractivity contribution in [2.24, 2.45) is 28.8 Å². The molecule has 2 nitrogen and oxygen atoms in total. The van der Waals surface area contributed by atoms with Crippen LogP contribution in [0.3, 0.4) is 0 Å². The van der Waals surface area contributed by atoms with E-state index < -0.39 is 0 Å². The largest absolute Gasteiger partial charge is 0.151 e. The topological polar surface area (TPSA) is 29.4 Å². The van der Waals surface area contributed by atoms with Crippen LogP contribution in [0.5, 0.6) is 0 Å². The molecule has 0 radical (unpaired) electrons. The van der Waals surface area contributed by atoms with Crippen LogP contribution in [0.1, 0.15) is 53.9 Å². The summed E-state index contributed by atoms with van der Waals surface area (Å²) in [5.74, 6) is 2.61. The molecule has 0 aromatic heterocycles. The first-order chi connectivity index (χ1) is 7.01. The lowest BCUT2D eigenvalue weighted by Crippen LogP contribution is -2.16. The molecule has 3 atom stereocenters. The van der Waals surface area contributed by atoms with Crippen LogP contribution in [0, 0.1) is 28.6 Å². The zero-order valence-corrected chi connectivity index (χ0v) is 11.0. The number of nitroso groups, excluding NO2 is 1. The Hall–Kier alpha value is -0.400. The highest BCUT2D eigenvalue weighted by atomic mass is 16.3. The summed E-state index contributed by atoms with van der Waals surface area (Å²) in [6, 6.07) is 0. The summed E-state index contributed by atoms with van der Waals surface area (Å²) in [6.45, 7) is 11.7. The average Bonchev–Trinajstić information content (AvgIpc) is 2.17. The third-order valence-electron chi connectivity index (χ3n) is 3.61. The van der Waals surface area contributed by atoms with Crippen LogP contribution >= 0.6 is 0 Å². The van der Waals surface area contributed by atoms with Gasteiger partial charge >= 0.3 is 0 Å². The molecule has 0 N–H and O–H groups in total. The molecule has 0 spiro atoms. The monoisotopic (exact) mass is 213 g/mol. The fraction of sp³-hybridized carbons (Fsp3) is 1.00. The molecule has 0 fully saturated rings. The van der Waals surface area contributed by atoms with E-state index in [-0.39, 0.29) is 0 Å². The Morgan fingerprint density at radius 3 is 2.07 bits per heavy atom. The van der Waals surface area contributed by atoms with Crippen molar-refractivity contribution >= 4 is 0 Å². The Kier molecular flexibility index (Phi) is 7.63. The van der Waals surface area contributed by atoms with Crippen molar-refractivity contribution in [1.82, 2.24) is 0 Å². The molecule has 0 aromatic carbocycles. The van der Waals surface area contributed by atoms with Gasteiger partial charge in [0, 0.05) is 0 Å². The van der Waals surface area contributed by atoms with E-state index in [0.717, 1.165) is 18.8 Å². The first-order valence-electron chi connectivity index (χ1n) is 6.30. The number of rotatable bonds is 8. The molecule has 0 amide bonds. The molecule has 0 aliphatic rings. The second kappa shape index (κ2) is 7.84. The van der Waals surface area contributed by atoms with E-state index in [4.69, 9.17) is 0 Å². The van der Waals surface area contributed by atoms with Crippen LogP contribution in [-0.4, -0.2) is 6.54 Å². The molecule has 0 saturated carbocycles. The maximum absolute atomic E-state index is 10.4. The van der Waals surface area contributed by atoms with Crippen molar-refractivity contribution in [2.75, 3.05) is 6.54 Å².